The molecule has 19 heavy (non-hydrogen) atoms. The van der Waals surface area contributed by atoms with Crippen LogP contribution in [0.3, 0.4) is 0 Å². The lowest BCUT2D eigenvalue weighted by Crippen LogP contribution is -2.53. The van der Waals surface area contributed by atoms with Gasteiger partial charge in [-0.1, -0.05) is 0 Å². The molecule has 2 saturated heterocycles. The fourth-order valence-electron chi connectivity index (χ4n) is 2.50. The minimum absolute atomic E-state index is 0.00949. The molecule has 0 spiro atoms. The van der Waals surface area contributed by atoms with Gasteiger partial charge >= 0.3 is 12.0 Å². The molecule has 108 valence electrons. The number of carbonyl (C=O) groups excluding carboxylic acids is 1. The number of hydrogen-bond acceptors (Lipinski definition) is 4. The van der Waals surface area contributed by atoms with Crippen LogP contribution in [0.1, 0.15) is 12.8 Å². The third kappa shape index (κ3) is 4.01. The van der Waals surface area contributed by atoms with E-state index in [9.17, 15) is 9.59 Å². The van der Waals surface area contributed by atoms with E-state index in [4.69, 9.17) is 5.11 Å². The number of hydrogen-bond donors (Lipinski definition) is 2. The lowest BCUT2D eigenvalue weighted by Gasteiger charge is -2.38. The van der Waals surface area contributed by atoms with Crippen LogP contribution in [0.25, 0.3) is 0 Å². The second kappa shape index (κ2) is 7.00. The van der Waals surface area contributed by atoms with Crippen LogP contribution in [0.2, 0.25) is 0 Å². The second-order valence-corrected chi connectivity index (χ2v) is 6.04. The number of carboxylic acids is 1. The lowest BCUT2D eigenvalue weighted by atomic mass is 10.2. The van der Waals surface area contributed by atoms with Crippen LogP contribution in [0.4, 0.5) is 4.79 Å². The Labute approximate surface area is 117 Å². The Morgan fingerprint density at radius 2 is 2.11 bits per heavy atom. The average Bonchev–Trinajstić information content (AvgIpc) is 2.67. The van der Waals surface area contributed by atoms with Gasteiger partial charge < -0.3 is 20.2 Å². The largest absolute Gasteiger partial charge is 0.481 e. The molecule has 0 saturated carbocycles. The van der Waals surface area contributed by atoms with Gasteiger partial charge in [-0.3, -0.25) is 4.79 Å². The monoisotopic (exact) mass is 287 g/mol. The molecule has 0 aromatic rings. The number of carbonyl (C=O) groups is 2. The molecule has 7 heteroatoms. The summed E-state index contributed by atoms with van der Waals surface area (Å²) >= 11 is 1.73. The zero-order chi connectivity index (χ0) is 13.7. The molecule has 1 unspecified atom stereocenters. The molecule has 2 N–H and O–H groups in total. The van der Waals surface area contributed by atoms with Crippen LogP contribution in [0.5, 0.6) is 0 Å². The van der Waals surface area contributed by atoms with Crippen molar-refractivity contribution in [2.24, 2.45) is 0 Å². The van der Waals surface area contributed by atoms with Crippen molar-refractivity contribution in [2.75, 3.05) is 44.2 Å². The van der Waals surface area contributed by atoms with Crippen LogP contribution in [-0.2, 0) is 4.79 Å². The molecule has 6 nitrogen and oxygen atoms in total. The summed E-state index contributed by atoms with van der Waals surface area (Å²) in [6.45, 7) is 3.89. The zero-order valence-corrected chi connectivity index (χ0v) is 11.8. The van der Waals surface area contributed by atoms with Gasteiger partial charge in [-0.2, -0.15) is 11.8 Å². The van der Waals surface area contributed by atoms with Crippen molar-refractivity contribution < 1.29 is 14.7 Å². The van der Waals surface area contributed by atoms with E-state index in [2.05, 4.69) is 5.32 Å². The van der Waals surface area contributed by atoms with Gasteiger partial charge in [0.05, 0.1) is 12.5 Å². The number of amides is 2. The molecule has 2 aliphatic rings. The molecule has 2 fully saturated rings. The van der Waals surface area contributed by atoms with E-state index in [0.717, 1.165) is 37.6 Å². The standard InChI is InChI=1S/C12H21N3O3S/c16-11(17)8-10-9-19-7-6-15(10)12(18)14-4-1-2-13-3-5-14/h10,13H,1-9H2,(H,16,17). The fourth-order valence-corrected chi connectivity index (χ4v) is 3.56. The van der Waals surface area contributed by atoms with E-state index in [-0.39, 0.29) is 18.5 Å². The molecule has 2 aliphatic heterocycles. The van der Waals surface area contributed by atoms with Gasteiger partial charge in [-0.25, -0.2) is 4.79 Å². The van der Waals surface area contributed by atoms with Crippen LogP contribution in [0, 0.1) is 0 Å². The molecule has 1 atom stereocenters. The van der Waals surface area contributed by atoms with Gasteiger partial charge in [0.2, 0.25) is 0 Å². The summed E-state index contributed by atoms with van der Waals surface area (Å²) in [5, 5.41) is 12.2. The summed E-state index contributed by atoms with van der Waals surface area (Å²) in [5.41, 5.74) is 0. The Morgan fingerprint density at radius 3 is 2.89 bits per heavy atom. The predicted molar refractivity (Wildman–Crippen MR) is 74.5 cm³/mol. The van der Waals surface area contributed by atoms with Crippen molar-refractivity contribution in [1.29, 1.82) is 0 Å². The molecule has 0 radical (unpaired) electrons. The first-order chi connectivity index (χ1) is 9.18. The normalized spacial score (nSPS) is 24.9. The summed E-state index contributed by atoms with van der Waals surface area (Å²) in [4.78, 5) is 27.0. The zero-order valence-electron chi connectivity index (χ0n) is 11.0. The minimum atomic E-state index is -0.831. The van der Waals surface area contributed by atoms with E-state index >= 15 is 0 Å². The van der Waals surface area contributed by atoms with Gasteiger partial charge in [-0.05, 0) is 13.0 Å². The molecular formula is C12H21N3O3S. The number of aliphatic carboxylic acids is 1. The van der Waals surface area contributed by atoms with Crippen molar-refractivity contribution in [3.8, 4) is 0 Å². The van der Waals surface area contributed by atoms with Crippen molar-refractivity contribution in [2.45, 2.75) is 18.9 Å². The van der Waals surface area contributed by atoms with Crippen LogP contribution in [-0.4, -0.2) is 77.2 Å². The predicted octanol–water partition coefficient (Wildman–Crippen LogP) is 0.294. The number of rotatable bonds is 2. The first kappa shape index (κ1) is 14.5. The molecule has 0 aliphatic carbocycles. The van der Waals surface area contributed by atoms with E-state index in [1.165, 1.54) is 0 Å². The molecular weight excluding hydrogens is 266 g/mol. The minimum Gasteiger partial charge on any atom is -0.481 e. The Balaban J connectivity index is 1.99. The molecule has 0 aromatic carbocycles. The van der Waals surface area contributed by atoms with E-state index in [0.29, 0.717) is 13.1 Å². The van der Waals surface area contributed by atoms with Crippen molar-refractivity contribution >= 4 is 23.8 Å². The molecule has 0 bridgehead atoms. The highest BCUT2D eigenvalue weighted by molar-refractivity contribution is 7.99. The number of urea groups is 1. The summed E-state index contributed by atoms with van der Waals surface area (Å²) in [5.74, 6) is 0.792. The molecule has 0 aromatic heterocycles. The first-order valence-electron chi connectivity index (χ1n) is 6.74. The molecule has 2 rings (SSSR count). The smallest absolute Gasteiger partial charge is 0.320 e. The fraction of sp³-hybridized carbons (Fsp3) is 0.833. The van der Waals surface area contributed by atoms with Gasteiger partial charge in [0, 0.05) is 37.7 Å². The number of nitrogens with one attached hydrogen (secondary N) is 1. The summed E-state index contributed by atoms with van der Waals surface area (Å²) < 4.78 is 0. The first-order valence-corrected chi connectivity index (χ1v) is 7.90. The summed E-state index contributed by atoms with van der Waals surface area (Å²) in [6, 6.07) is -0.157. The Bertz CT molecular complexity index is 332. The number of nitrogens with zero attached hydrogens (tertiary/aromatic N) is 2. The SMILES string of the molecule is O=C(O)CC1CSCCN1C(=O)N1CCCNCC1. The van der Waals surface area contributed by atoms with E-state index < -0.39 is 5.97 Å². The Kier molecular flexibility index (Phi) is 5.33. The molecule has 2 amide bonds. The van der Waals surface area contributed by atoms with Crippen LogP contribution < -0.4 is 5.32 Å². The van der Waals surface area contributed by atoms with Gasteiger partial charge in [0.25, 0.3) is 0 Å². The Morgan fingerprint density at radius 1 is 1.26 bits per heavy atom. The topological polar surface area (TPSA) is 72.9 Å². The highest BCUT2D eigenvalue weighted by Gasteiger charge is 2.31. The van der Waals surface area contributed by atoms with Crippen LogP contribution in [0.15, 0.2) is 0 Å². The van der Waals surface area contributed by atoms with E-state index in [1.807, 2.05) is 4.90 Å². The summed E-state index contributed by atoms with van der Waals surface area (Å²) in [6.07, 6.45) is 1.00. The molecule has 2 heterocycles. The van der Waals surface area contributed by atoms with Gasteiger partial charge in [0.15, 0.2) is 0 Å². The summed E-state index contributed by atoms with van der Waals surface area (Å²) in [7, 11) is 0. The van der Waals surface area contributed by atoms with Crippen LogP contribution >= 0.6 is 11.8 Å². The van der Waals surface area contributed by atoms with Gasteiger partial charge in [0.1, 0.15) is 0 Å². The van der Waals surface area contributed by atoms with Crippen molar-refractivity contribution in [3.63, 3.8) is 0 Å². The quantitative estimate of drug-likeness (QED) is 0.764. The average molecular weight is 287 g/mol. The van der Waals surface area contributed by atoms with Crippen molar-refractivity contribution in [1.82, 2.24) is 15.1 Å². The maximum absolute atomic E-state index is 12.5. The third-order valence-electron chi connectivity index (χ3n) is 3.49. The number of thioether (sulfide) groups is 1. The second-order valence-electron chi connectivity index (χ2n) is 4.89. The maximum Gasteiger partial charge on any atom is 0.320 e. The number of carboxylic acid groups (broad SMARTS) is 1. The highest BCUT2D eigenvalue weighted by Crippen LogP contribution is 2.20. The van der Waals surface area contributed by atoms with E-state index in [1.54, 1.807) is 16.7 Å². The lowest BCUT2D eigenvalue weighted by molar-refractivity contribution is -0.138. The third-order valence-corrected chi connectivity index (χ3v) is 4.59. The highest BCUT2D eigenvalue weighted by atomic mass is 32.2. The maximum atomic E-state index is 12.5. The van der Waals surface area contributed by atoms with Crippen molar-refractivity contribution in [3.05, 3.63) is 0 Å². The Hall–Kier alpha value is -0.950. The van der Waals surface area contributed by atoms with Gasteiger partial charge in [-0.15, -0.1) is 0 Å².